The minimum atomic E-state index is 0.584. The number of rotatable bonds is 2. The van der Waals surface area contributed by atoms with Gasteiger partial charge in [-0.25, -0.2) is 4.68 Å². The number of hydrogen-bond acceptors (Lipinski definition) is 4. The van der Waals surface area contributed by atoms with Crippen LogP contribution in [0.2, 0.25) is 0 Å². The van der Waals surface area contributed by atoms with E-state index in [1.54, 1.807) is 0 Å². The number of hydrogen-bond donors (Lipinski definition) is 1. The van der Waals surface area contributed by atoms with Crippen molar-refractivity contribution in [3.63, 3.8) is 0 Å². The van der Waals surface area contributed by atoms with Gasteiger partial charge in [0.2, 0.25) is 0 Å². The molecule has 3 aromatic rings. The lowest BCUT2D eigenvalue weighted by atomic mass is 10.00. The van der Waals surface area contributed by atoms with E-state index in [-0.39, 0.29) is 0 Å². The molecule has 1 N–H and O–H groups in total. The maximum absolute atomic E-state index is 5.78. The van der Waals surface area contributed by atoms with Crippen molar-refractivity contribution in [2.45, 2.75) is 26.2 Å². The van der Waals surface area contributed by atoms with E-state index in [1.807, 2.05) is 16.8 Å². The van der Waals surface area contributed by atoms with Crippen molar-refractivity contribution >= 4 is 5.82 Å². The van der Waals surface area contributed by atoms with Gasteiger partial charge >= 0.3 is 0 Å². The predicted molar refractivity (Wildman–Crippen MR) is 106 cm³/mol. The van der Waals surface area contributed by atoms with E-state index in [0.717, 1.165) is 41.7 Å². The number of nitrogens with one attached hydrogen (secondary N) is 1. The van der Waals surface area contributed by atoms with Crippen LogP contribution in [0, 0.1) is 6.92 Å². The van der Waals surface area contributed by atoms with E-state index in [9.17, 15) is 0 Å². The molecule has 5 rings (SSSR count). The molecule has 5 heteroatoms. The van der Waals surface area contributed by atoms with Gasteiger partial charge in [0, 0.05) is 23.7 Å². The number of anilines is 1. The van der Waals surface area contributed by atoms with Crippen LogP contribution >= 0.6 is 0 Å². The van der Waals surface area contributed by atoms with Crippen molar-refractivity contribution in [3.8, 4) is 28.4 Å². The van der Waals surface area contributed by atoms with E-state index in [4.69, 9.17) is 14.6 Å². The second kappa shape index (κ2) is 6.65. The van der Waals surface area contributed by atoms with Crippen molar-refractivity contribution in [1.82, 2.24) is 9.78 Å². The first-order valence-electron chi connectivity index (χ1n) is 9.63. The van der Waals surface area contributed by atoms with Crippen LogP contribution in [0.1, 0.15) is 24.0 Å². The Kier molecular flexibility index (Phi) is 4.00. The average molecular weight is 361 g/mol. The third-order valence-corrected chi connectivity index (χ3v) is 5.30. The molecule has 0 bridgehead atoms. The number of aromatic nitrogens is 2. The van der Waals surface area contributed by atoms with Crippen molar-refractivity contribution in [2.24, 2.45) is 0 Å². The molecule has 0 atom stereocenters. The zero-order valence-electron chi connectivity index (χ0n) is 15.5. The molecule has 0 radical (unpaired) electrons. The van der Waals surface area contributed by atoms with Gasteiger partial charge in [-0.15, -0.1) is 0 Å². The fourth-order valence-corrected chi connectivity index (χ4v) is 3.91. The fraction of sp³-hybridized carbons (Fsp3) is 0.318. The highest BCUT2D eigenvalue weighted by Gasteiger charge is 2.23. The molecule has 0 saturated heterocycles. The molecule has 2 aromatic carbocycles. The minimum Gasteiger partial charge on any atom is -0.486 e. The van der Waals surface area contributed by atoms with Gasteiger partial charge < -0.3 is 14.8 Å². The summed E-state index contributed by atoms with van der Waals surface area (Å²) in [7, 11) is 0. The Morgan fingerprint density at radius 2 is 1.85 bits per heavy atom. The zero-order chi connectivity index (χ0) is 18.2. The number of aryl methyl sites for hydroxylation is 1. The smallest absolute Gasteiger partial charge is 0.163 e. The first kappa shape index (κ1) is 16.2. The van der Waals surface area contributed by atoms with Gasteiger partial charge in [-0.05, 0) is 43.9 Å². The van der Waals surface area contributed by atoms with Crippen molar-refractivity contribution in [2.75, 3.05) is 25.1 Å². The third-order valence-electron chi connectivity index (χ3n) is 5.30. The summed E-state index contributed by atoms with van der Waals surface area (Å²) in [6.45, 7) is 4.30. The second-order valence-electron chi connectivity index (χ2n) is 7.11. The lowest BCUT2D eigenvalue weighted by Gasteiger charge is -2.19. The summed E-state index contributed by atoms with van der Waals surface area (Å²) >= 11 is 0. The lowest BCUT2D eigenvalue weighted by Crippen LogP contribution is -2.15. The van der Waals surface area contributed by atoms with Crippen LogP contribution in [0.15, 0.2) is 42.5 Å². The summed E-state index contributed by atoms with van der Waals surface area (Å²) in [4.78, 5) is 0. The average Bonchev–Trinajstić information content (AvgIpc) is 2.89. The van der Waals surface area contributed by atoms with Gasteiger partial charge in [0.25, 0.3) is 0 Å². The lowest BCUT2D eigenvalue weighted by molar-refractivity contribution is 0.171. The first-order chi connectivity index (χ1) is 13.3. The van der Waals surface area contributed by atoms with Gasteiger partial charge in [0.15, 0.2) is 11.5 Å². The highest BCUT2D eigenvalue weighted by molar-refractivity contribution is 5.73. The predicted octanol–water partition coefficient (Wildman–Crippen LogP) is 4.37. The van der Waals surface area contributed by atoms with E-state index in [2.05, 4.69) is 42.6 Å². The van der Waals surface area contributed by atoms with Crippen molar-refractivity contribution in [3.05, 3.63) is 53.6 Å². The maximum Gasteiger partial charge on any atom is 0.163 e. The monoisotopic (exact) mass is 361 g/mol. The Labute approximate surface area is 158 Å². The van der Waals surface area contributed by atoms with Crippen molar-refractivity contribution in [1.29, 1.82) is 0 Å². The topological polar surface area (TPSA) is 48.3 Å². The maximum atomic E-state index is 5.78. The van der Waals surface area contributed by atoms with Crippen LogP contribution in [0.25, 0.3) is 16.9 Å². The standard InChI is InChI=1S/C22H23N3O2/c1-15-6-2-3-7-17(15)21-18-8-4-5-11-23-22(18)25(24-21)16-9-10-19-20(14-16)27-13-12-26-19/h2-3,6-7,9-10,14,23H,4-5,8,11-13H2,1H3. The molecule has 0 unspecified atom stereocenters. The summed E-state index contributed by atoms with van der Waals surface area (Å²) in [6.07, 6.45) is 3.38. The summed E-state index contributed by atoms with van der Waals surface area (Å²) in [6, 6.07) is 14.5. The van der Waals surface area contributed by atoms with Gasteiger partial charge in [0.1, 0.15) is 19.0 Å². The molecule has 27 heavy (non-hydrogen) atoms. The van der Waals surface area contributed by atoms with E-state index < -0.39 is 0 Å². The first-order valence-corrected chi connectivity index (χ1v) is 9.63. The number of ether oxygens (including phenoxy) is 2. The Balaban J connectivity index is 1.68. The number of nitrogens with zero attached hydrogens (tertiary/aromatic N) is 2. The van der Waals surface area contributed by atoms with E-state index in [0.29, 0.717) is 13.2 Å². The number of fused-ring (bicyclic) bond motifs is 2. The molecule has 2 aliphatic heterocycles. The molecule has 0 aliphatic carbocycles. The molecule has 0 saturated carbocycles. The van der Waals surface area contributed by atoms with E-state index in [1.165, 1.54) is 29.5 Å². The molecule has 3 heterocycles. The molecule has 0 amide bonds. The molecular weight excluding hydrogens is 338 g/mol. The Morgan fingerprint density at radius 3 is 2.74 bits per heavy atom. The summed E-state index contributed by atoms with van der Waals surface area (Å²) in [5.41, 5.74) is 5.82. The Bertz CT molecular complexity index is 993. The fourth-order valence-electron chi connectivity index (χ4n) is 3.91. The largest absolute Gasteiger partial charge is 0.486 e. The molecular formula is C22H23N3O2. The van der Waals surface area contributed by atoms with Crippen LogP contribution in [0.4, 0.5) is 5.82 Å². The van der Waals surface area contributed by atoms with Crippen molar-refractivity contribution < 1.29 is 9.47 Å². The van der Waals surface area contributed by atoms with Crippen LogP contribution in [0.3, 0.4) is 0 Å². The van der Waals surface area contributed by atoms with Gasteiger partial charge in [-0.3, -0.25) is 0 Å². The third kappa shape index (κ3) is 2.83. The molecule has 5 nitrogen and oxygen atoms in total. The molecule has 0 spiro atoms. The summed E-state index contributed by atoms with van der Waals surface area (Å²) < 4.78 is 13.5. The molecule has 2 aliphatic rings. The summed E-state index contributed by atoms with van der Waals surface area (Å²) in [5.74, 6) is 2.69. The molecule has 1 aromatic heterocycles. The quantitative estimate of drug-likeness (QED) is 0.736. The van der Waals surface area contributed by atoms with Crippen LogP contribution < -0.4 is 14.8 Å². The highest BCUT2D eigenvalue weighted by atomic mass is 16.6. The Morgan fingerprint density at radius 1 is 1.00 bits per heavy atom. The highest BCUT2D eigenvalue weighted by Crippen LogP contribution is 2.37. The molecule has 0 fully saturated rings. The Hall–Kier alpha value is -2.95. The SMILES string of the molecule is Cc1ccccc1-c1nn(-c2ccc3c(c2)OCCO3)c2c1CCCCN2. The minimum absolute atomic E-state index is 0.584. The van der Waals surface area contributed by atoms with Gasteiger partial charge in [-0.1, -0.05) is 24.3 Å². The van der Waals surface area contributed by atoms with Crippen LogP contribution in [0.5, 0.6) is 11.5 Å². The van der Waals surface area contributed by atoms with Crippen LogP contribution in [-0.4, -0.2) is 29.5 Å². The zero-order valence-corrected chi connectivity index (χ0v) is 15.5. The van der Waals surface area contributed by atoms with E-state index >= 15 is 0 Å². The second-order valence-corrected chi connectivity index (χ2v) is 7.11. The molecule has 138 valence electrons. The number of benzene rings is 2. The van der Waals surface area contributed by atoms with Gasteiger partial charge in [-0.2, -0.15) is 5.10 Å². The van der Waals surface area contributed by atoms with Crippen LogP contribution in [-0.2, 0) is 6.42 Å². The van der Waals surface area contributed by atoms with Gasteiger partial charge in [0.05, 0.1) is 11.4 Å². The normalized spacial score (nSPS) is 15.6. The summed E-state index contributed by atoms with van der Waals surface area (Å²) in [5, 5.41) is 8.65.